The van der Waals surface area contributed by atoms with Crippen molar-refractivity contribution in [2.24, 2.45) is 5.92 Å². The molecule has 242 valence electrons. The highest BCUT2D eigenvalue weighted by molar-refractivity contribution is 5.64. The second kappa shape index (κ2) is 11.9. The third-order valence-electron chi connectivity index (χ3n) is 12.5. The number of anilines is 2. The van der Waals surface area contributed by atoms with E-state index in [1.54, 1.807) is 11.1 Å². The molecule has 4 aromatic carbocycles. The van der Waals surface area contributed by atoms with E-state index in [-0.39, 0.29) is 5.41 Å². The molecule has 0 bridgehead atoms. The third-order valence-corrected chi connectivity index (χ3v) is 12.5. The van der Waals surface area contributed by atoms with Crippen molar-refractivity contribution in [3.63, 3.8) is 0 Å². The van der Waals surface area contributed by atoms with Gasteiger partial charge in [-0.1, -0.05) is 123 Å². The summed E-state index contributed by atoms with van der Waals surface area (Å²) >= 11 is 0. The van der Waals surface area contributed by atoms with Gasteiger partial charge in [0.25, 0.3) is 0 Å². The van der Waals surface area contributed by atoms with E-state index in [0.717, 1.165) is 19.5 Å². The number of hydrogen-bond donors (Lipinski definition) is 1. The Kier molecular flexibility index (Phi) is 7.33. The molecular weight excluding hydrogens is 583 g/mol. The number of hydrogen-bond acceptors (Lipinski definition) is 3. The Morgan fingerprint density at radius 2 is 1.54 bits per heavy atom. The van der Waals surface area contributed by atoms with Gasteiger partial charge in [0.1, 0.15) is 5.82 Å². The highest BCUT2D eigenvalue weighted by Gasteiger charge is 2.49. The molecular formula is C45H47N3. The zero-order valence-corrected chi connectivity index (χ0v) is 28.3. The number of nitrogens with zero attached hydrogens (tertiary/aromatic N) is 2. The zero-order chi connectivity index (χ0) is 32.2. The van der Waals surface area contributed by atoms with Crippen LogP contribution in [-0.4, -0.2) is 18.6 Å². The predicted molar refractivity (Wildman–Crippen MR) is 200 cm³/mol. The molecule has 4 unspecified atom stereocenters. The highest BCUT2D eigenvalue weighted by Crippen LogP contribution is 2.57. The molecule has 3 nitrogen and oxygen atoms in total. The van der Waals surface area contributed by atoms with Crippen LogP contribution in [0.5, 0.6) is 0 Å². The molecule has 5 aliphatic rings. The van der Waals surface area contributed by atoms with Gasteiger partial charge in [-0.3, -0.25) is 0 Å². The van der Waals surface area contributed by atoms with Gasteiger partial charge < -0.3 is 15.1 Å². The predicted octanol–water partition coefficient (Wildman–Crippen LogP) is 9.95. The minimum Gasteiger partial charge on any atom is -0.368 e. The largest absolute Gasteiger partial charge is 0.368 e. The van der Waals surface area contributed by atoms with E-state index in [2.05, 4.69) is 162 Å². The Hall–Kier alpha value is -4.50. The van der Waals surface area contributed by atoms with Crippen LogP contribution in [0.3, 0.4) is 0 Å². The summed E-state index contributed by atoms with van der Waals surface area (Å²) < 4.78 is 0. The molecule has 9 rings (SSSR count). The summed E-state index contributed by atoms with van der Waals surface area (Å²) in [7, 11) is 0. The van der Waals surface area contributed by atoms with Crippen LogP contribution < -0.4 is 15.1 Å². The average Bonchev–Trinajstić information content (AvgIpc) is 3.57. The minimum atomic E-state index is 0.199. The quantitative estimate of drug-likeness (QED) is 0.214. The van der Waals surface area contributed by atoms with Crippen molar-refractivity contribution < 1.29 is 0 Å². The second-order valence-electron chi connectivity index (χ2n) is 15.3. The molecule has 2 aliphatic heterocycles. The highest BCUT2D eigenvalue weighted by atomic mass is 15.3. The Morgan fingerprint density at radius 1 is 0.771 bits per heavy atom. The van der Waals surface area contributed by atoms with Gasteiger partial charge in [0.05, 0.1) is 6.04 Å². The minimum absolute atomic E-state index is 0.199. The maximum Gasteiger partial charge on any atom is 0.106 e. The fraction of sp³-hybridized carbons (Fsp3) is 0.333. The van der Waals surface area contributed by atoms with Crippen molar-refractivity contribution in [1.82, 2.24) is 5.32 Å². The van der Waals surface area contributed by atoms with E-state index in [0.29, 0.717) is 35.8 Å². The lowest BCUT2D eigenvalue weighted by atomic mass is 9.68. The Labute approximate surface area is 286 Å². The normalized spacial score (nSPS) is 27.7. The van der Waals surface area contributed by atoms with Crippen LogP contribution in [0.2, 0.25) is 0 Å². The second-order valence-corrected chi connectivity index (χ2v) is 15.3. The standard InChI is InChI=1S/C45H47N3/c1-45(2)40-16-8-6-14-36(40)37-25-24-35(29-41(37)45)48(44-18-10-11-27-46-44)34-22-19-32(20-23-34)33-21-26-43-39(28-33)38-15-7-9-17-42(38)47(43)30-31-12-4-3-5-13-31/h3-23,26,33,35,37,39,41,43,46H,24-25,27-30H2,1-2H3/t33?,35?,37?,39-,41?,43-/m0/s1. The van der Waals surface area contributed by atoms with Gasteiger partial charge in [-0.25, -0.2) is 0 Å². The van der Waals surface area contributed by atoms with E-state index in [4.69, 9.17) is 0 Å². The summed E-state index contributed by atoms with van der Waals surface area (Å²) in [4.78, 5) is 5.27. The van der Waals surface area contributed by atoms with Crippen LogP contribution in [-0.2, 0) is 12.0 Å². The van der Waals surface area contributed by atoms with E-state index in [1.807, 2.05) is 0 Å². The molecule has 48 heavy (non-hydrogen) atoms. The van der Waals surface area contributed by atoms with E-state index >= 15 is 0 Å². The summed E-state index contributed by atoms with van der Waals surface area (Å²) in [6.07, 6.45) is 16.5. The number of fused-ring (bicyclic) bond motifs is 6. The molecule has 2 heterocycles. The molecule has 0 amide bonds. The van der Waals surface area contributed by atoms with Gasteiger partial charge in [0.15, 0.2) is 0 Å². The van der Waals surface area contributed by atoms with Crippen LogP contribution in [0.25, 0.3) is 0 Å². The van der Waals surface area contributed by atoms with Crippen LogP contribution >= 0.6 is 0 Å². The summed E-state index contributed by atoms with van der Waals surface area (Å²) in [6.45, 7) is 6.81. The SMILES string of the molecule is CC1(C)c2ccccc2C2CCC(N(C3=CC=CCN3)c3ccc(C4C=C[C@H]5[C@@H](C4)c4ccccc4N5Cc4ccccc4)cc3)CC21. The number of allylic oxidation sites excluding steroid dienone is 3. The first-order valence-electron chi connectivity index (χ1n) is 18.2. The molecule has 3 heteroatoms. The summed E-state index contributed by atoms with van der Waals surface area (Å²) in [6, 6.07) is 39.8. The van der Waals surface area contributed by atoms with Crippen LogP contribution in [0.1, 0.15) is 85.1 Å². The van der Waals surface area contributed by atoms with Crippen molar-refractivity contribution in [3.8, 4) is 0 Å². The van der Waals surface area contributed by atoms with Crippen molar-refractivity contribution in [1.29, 1.82) is 0 Å². The van der Waals surface area contributed by atoms with Gasteiger partial charge in [-0.15, -0.1) is 0 Å². The third kappa shape index (κ3) is 4.93. The monoisotopic (exact) mass is 629 g/mol. The maximum atomic E-state index is 3.73. The van der Waals surface area contributed by atoms with Gasteiger partial charge in [0, 0.05) is 42.3 Å². The van der Waals surface area contributed by atoms with Crippen LogP contribution in [0.4, 0.5) is 11.4 Å². The summed E-state index contributed by atoms with van der Waals surface area (Å²) in [5, 5.41) is 3.73. The lowest BCUT2D eigenvalue weighted by Gasteiger charge is -2.45. The van der Waals surface area contributed by atoms with Gasteiger partial charge in [0.2, 0.25) is 0 Å². The topological polar surface area (TPSA) is 18.5 Å². The molecule has 4 aromatic rings. The van der Waals surface area contributed by atoms with Crippen molar-refractivity contribution in [2.45, 2.75) is 81.3 Å². The molecule has 0 spiro atoms. The number of para-hydroxylation sites is 1. The number of nitrogens with one attached hydrogen (secondary N) is 1. The fourth-order valence-electron chi connectivity index (χ4n) is 10.2. The van der Waals surface area contributed by atoms with Crippen LogP contribution in [0, 0.1) is 5.92 Å². The lowest BCUT2D eigenvalue weighted by Crippen LogP contribution is -2.46. The first kappa shape index (κ1) is 29.6. The van der Waals surface area contributed by atoms with Crippen molar-refractivity contribution in [2.75, 3.05) is 16.3 Å². The number of dihydropyridines is 1. The van der Waals surface area contributed by atoms with Crippen molar-refractivity contribution in [3.05, 3.63) is 167 Å². The Bertz CT molecular complexity index is 1880. The summed E-state index contributed by atoms with van der Waals surface area (Å²) in [5.74, 6) is 3.50. The molecule has 0 radical (unpaired) electrons. The first-order chi connectivity index (χ1) is 23.6. The zero-order valence-electron chi connectivity index (χ0n) is 28.3. The lowest BCUT2D eigenvalue weighted by molar-refractivity contribution is 0.210. The number of rotatable bonds is 6. The summed E-state index contributed by atoms with van der Waals surface area (Å²) in [5.41, 5.74) is 10.4. The van der Waals surface area contributed by atoms with Crippen molar-refractivity contribution >= 4 is 11.4 Å². The maximum absolute atomic E-state index is 3.73. The van der Waals surface area contributed by atoms with Gasteiger partial charge >= 0.3 is 0 Å². The average molecular weight is 630 g/mol. The van der Waals surface area contributed by atoms with Gasteiger partial charge in [-0.05, 0) is 95.0 Å². The smallest absolute Gasteiger partial charge is 0.106 e. The Balaban J connectivity index is 0.982. The fourth-order valence-corrected chi connectivity index (χ4v) is 10.2. The van der Waals surface area contributed by atoms with E-state index < -0.39 is 0 Å². The van der Waals surface area contributed by atoms with E-state index in [9.17, 15) is 0 Å². The molecule has 6 atom stereocenters. The molecule has 0 aromatic heterocycles. The van der Waals surface area contributed by atoms with Crippen LogP contribution in [0.15, 0.2) is 139 Å². The van der Waals surface area contributed by atoms with Gasteiger partial charge in [-0.2, -0.15) is 0 Å². The molecule has 1 N–H and O–H groups in total. The molecule has 1 fully saturated rings. The van der Waals surface area contributed by atoms with E-state index in [1.165, 1.54) is 53.1 Å². The molecule has 0 saturated heterocycles. The molecule has 1 saturated carbocycles. The Morgan fingerprint density at radius 3 is 2.35 bits per heavy atom. The number of benzene rings is 4. The molecule has 3 aliphatic carbocycles. The first-order valence-corrected chi connectivity index (χ1v) is 18.2.